The van der Waals surface area contributed by atoms with Crippen molar-refractivity contribution in [2.75, 3.05) is 13.1 Å². The van der Waals surface area contributed by atoms with Crippen molar-refractivity contribution < 1.29 is 8.42 Å². The van der Waals surface area contributed by atoms with Gasteiger partial charge in [0, 0.05) is 26.2 Å². The van der Waals surface area contributed by atoms with Gasteiger partial charge in [-0.25, -0.2) is 8.42 Å². The lowest BCUT2D eigenvalue weighted by atomic mass is 9.92. The Balaban J connectivity index is 2.31. The van der Waals surface area contributed by atoms with E-state index in [1.807, 2.05) is 6.92 Å². The molecule has 0 aliphatic carbocycles. The van der Waals surface area contributed by atoms with Gasteiger partial charge in [0.15, 0.2) is 5.03 Å². The maximum Gasteiger partial charge on any atom is 0.261 e. The van der Waals surface area contributed by atoms with Crippen molar-refractivity contribution in [3.63, 3.8) is 0 Å². The number of halogens is 1. The maximum absolute atomic E-state index is 12.6. The average Bonchev–Trinajstić information content (AvgIpc) is 2.69. The Hall–Kier alpha value is -0.630. The Morgan fingerprint density at radius 3 is 2.79 bits per heavy atom. The van der Waals surface area contributed by atoms with Gasteiger partial charge >= 0.3 is 0 Å². The third kappa shape index (κ3) is 2.65. The second-order valence-corrected chi connectivity index (χ2v) is 7.17. The van der Waals surface area contributed by atoms with E-state index in [0.29, 0.717) is 19.5 Å². The van der Waals surface area contributed by atoms with E-state index in [4.69, 9.17) is 17.3 Å². The summed E-state index contributed by atoms with van der Waals surface area (Å²) in [6.45, 7) is 2.90. The van der Waals surface area contributed by atoms with Crippen LogP contribution >= 0.6 is 11.6 Å². The monoisotopic (exact) mass is 306 g/mol. The molecule has 2 rings (SSSR count). The van der Waals surface area contributed by atoms with Crippen molar-refractivity contribution in [1.29, 1.82) is 0 Å². The third-order valence-corrected chi connectivity index (χ3v) is 6.08. The highest BCUT2D eigenvalue weighted by atomic mass is 35.5. The molecule has 0 radical (unpaired) electrons. The molecular weight excluding hydrogens is 288 g/mol. The van der Waals surface area contributed by atoms with Crippen molar-refractivity contribution in [3.8, 4) is 0 Å². The molecule has 1 saturated heterocycles. The molecule has 1 fully saturated rings. The molecule has 0 bridgehead atoms. The molecule has 2 N–H and O–H groups in total. The first-order valence-corrected chi connectivity index (χ1v) is 8.13. The highest BCUT2D eigenvalue weighted by Gasteiger charge is 2.35. The summed E-state index contributed by atoms with van der Waals surface area (Å²) in [6, 6.07) is 0.0680. The SMILES string of the molecule is CCC1CN(S(=O)(=O)c2c(Cl)cnn2C)CCC1N. The first-order valence-electron chi connectivity index (χ1n) is 6.31. The highest BCUT2D eigenvalue weighted by Crippen LogP contribution is 2.28. The summed E-state index contributed by atoms with van der Waals surface area (Å²) in [5.74, 6) is 0.190. The summed E-state index contributed by atoms with van der Waals surface area (Å²) >= 11 is 5.93. The van der Waals surface area contributed by atoms with Crippen LogP contribution < -0.4 is 5.73 Å². The molecule has 1 aromatic heterocycles. The van der Waals surface area contributed by atoms with Crippen LogP contribution in [0.1, 0.15) is 19.8 Å². The number of hydrogen-bond acceptors (Lipinski definition) is 4. The van der Waals surface area contributed by atoms with E-state index in [2.05, 4.69) is 5.10 Å². The average molecular weight is 307 g/mol. The lowest BCUT2D eigenvalue weighted by Crippen LogP contribution is -2.49. The number of nitrogens with two attached hydrogens (primary N) is 1. The van der Waals surface area contributed by atoms with Crippen LogP contribution in [-0.2, 0) is 17.1 Å². The zero-order chi connectivity index (χ0) is 14.2. The minimum Gasteiger partial charge on any atom is -0.327 e. The summed E-state index contributed by atoms with van der Waals surface area (Å²) in [6.07, 6.45) is 2.89. The largest absolute Gasteiger partial charge is 0.327 e. The van der Waals surface area contributed by atoms with Crippen LogP contribution in [0.3, 0.4) is 0 Å². The number of rotatable bonds is 3. The number of aromatic nitrogens is 2. The Kier molecular flexibility index (Phi) is 4.20. The van der Waals surface area contributed by atoms with Gasteiger partial charge in [0.2, 0.25) is 0 Å². The van der Waals surface area contributed by atoms with E-state index in [1.165, 1.54) is 15.2 Å². The summed E-state index contributed by atoms with van der Waals surface area (Å²) in [5, 5.41) is 4.10. The van der Waals surface area contributed by atoms with Crippen LogP contribution in [0, 0.1) is 5.92 Å². The van der Waals surface area contributed by atoms with E-state index in [1.54, 1.807) is 7.05 Å². The van der Waals surface area contributed by atoms with E-state index in [9.17, 15) is 8.42 Å². The number of sulfonamides is 1. The van der Waals surface area contributed by atoms with E-state index in [-0.39, 0.29) is 22.0 Å². The van der Waals surface area contributed by atoms with Gasteiger partial charge in [-0.15, -0.1) is 0 Å². The van der Waals surface area contributed by atoms with Crippen molar-refractivity contribution >= 4 is 21.6 Å². The van der Waals surface area contributed by atoms with Crippen molar-refractivity contribution in [1.82, 2.24) is 14.1 Å². The molecule has 0 amide bonds. The van der Waals surface area contributed by atoms with Crippen LogP contribution in [0.25, 0.3) is 0 Å². The Morgan fingerprint density at radius 1 is 1.58 bits per heavy atom. The van der Waals surface area contributed by atoms with E-state index >= 15 is 0 Å². The number of nitrogens with zero attached hydrogens (tertiary/aromatic N) is 3. The number of aryl methyl sites for hydroxylation is 1. The van der Waals surface area contributed by atoms with Crippen LogP contribution in [0.5, 0.6) is 0 Å². The van der Waals surface area contributed by atoms with Gasteiger partial charge in [-0.2, -0.15) is 9.40 Å². The molecule has 1 aliphatic heterocycles. The van der Waals surface area contributed by atoms with Gasteiger partial charge in [0.05, 0.1) is 11.2 Å². The zero-order valence-electron chi connectivity index (χ0n) is 11.1. The van der Waals surface area contributed by atoms with E-state index < -0.39 is 10.0 Å². The summed E-state index contributed by atoms with van der Waals surface area (Å²) in [7, 11) is -2.03. The quantitative estimate of drug-likeness (QED) is 0.896. The molecule has 2 heterocycles. The molecule has 0 saturated carbocycles. The Bertz CT molecular complexity index is 538. The molecule has 0 aromatic carbocycles. The third-order valence-electron chi connectivity index (χ3n) is 3.71. The summed E-state index contributed by atoms with van der Waals surface area (Å²) in [4.78, 5) is 0. The van der Waals surface area contributed by atoms with Gasteiger partial charge in [0.1, 0.15) is 0 Å². The Labute approximate surface area is 118 Å². The van der Waals surface area contributed by atoms with Crippen LogP contribution in [0.4, 0.5) is 0 Å². The number of piperidine rings is 1. The molecule has 1 aliphatic rings. The summed E-state index contributed by atoms with van der Waals surface area (Å²) in [5.41, 5.74) is 6.01. The van der Waals surface area contributed by atoms with Gasteiger partial charge in [0.25, 0.3) is 10.0 Å². The number of hydrogen-bond donors (Lipinski definition) is 1. The molecule has 2 atom stereocenters. The van der Waals surface area contributed by atoms with Crippen LogP contribution in [0.2, 0.25) is 5.02 Å². The molecule has 1 aromatic rings. The fourth-order valence-corrected chi connectivity index (χ4v) is 4.60. The standard InChI is InChI=1S/C11H19ClN4O2S/c1-3-8-7-16(5-4-10(8)13)19(17,18)11-9(12)6-14-15(11)2/h6,8,10H,3-5,7,13H2,1-2H3. The lowest BCUT2D eigenvalue weighted by Gasteiger charge is -2.35. The minimum atomic E-state index is -3.60. The van der Waals surface area contributed by atoms with Crippen molar-refractivity contribution in [2.45, 2.75) is 30.8 Å². The zero-order valence-corrected chi connectivity index (χ0v) is 12.7. The lowest BCUT2D eigenvalue weighted by molar-refractivity contribution is 0.229. The highest BCUT2D eigenvalue weighted by molar-refractivity contribution is 7.89. The smallest absolute Gasteiger partial charge is 0.261 e. The maximum atomic E-state index is 12.6. The van der Waals surface area contributed by atoms with E-state index in [0.717, 1.165) is 6.42 Å². The fraction of sp³-hybridized carbons (Fsp3) is 0.727. The normalized spacial score (nSPS) is 25.7. The van der Waals surface area contributed by atoms with Gasteiger partial charge < -0.3 is 5.73 Å². The second-order valence-electron chi connectivity index (χ2n) is 4.91. The van der Waals surface area contributed by atoms with Crippen molar-refractivity contribution in [3.05, 3.63) is 11.2 Å². The van der Waals surface area contributed by atoms with Crippen LogP contribution in [0.15, 0.2) is 11.2 Å². The Morgan fingerprint density at radius 2 is 2.26 bits per heavy atom. The predicted molar refractivity (Wildman–Crippen MR) is 73.4 cm³/mol. The van der Waals surface area contributed by atoms with Gasteiger partial charge in [-0.1, -0.05) is 24.9 Å². The molecule has 19 heavy (non-hydrogen) atoms. The van der Waals surface area contributed by atoms with Gasteiger partial charge in [-0.05, 0) is 12.3 Å². The first kappa shape index (κ1) is 14.8. The first-order chi connectivity index (χ1) is 8.87. The topological polar surface area (TPSA) is 81.2 Å². The van der Waals surface area contributed by atoms with Gasteiger partial charge in [-0.3, -0.25) is 4.68 Å². The molecule has 0 spiro atoms. The second kappa shape index (κ2) is 5.40. The predicted octanol–water partition coefficient (Wildman–Crippen LogP) is 0.821. The molecule has 2 unspecified atom stereocenters. The molecular formula is C11H19ClN4O2S. The van der Waals surface area contributed by atoms with Crippen LogP contribution in [-0.4, -0.2) is 41.6 Å². The molecule has 108 valence electrons. The van der Waals surface area contributed by atoms with Crippen molar-refractivity contribution in [2.24, 2.45) is 18.7 Å². The molecule has 6 nitrogen and oxygen atoms in total. The fourth-order valence-electron chi connectivity index (χ4n) is 2.48. The molecule has 8 heteroatoms. The summed E-state index contributed by atoms with van der Waals surface area (Å²) < 4.78 is 28.0. The minimum absolute atomic E-state index is 0.0551.